The molecule has 2 unspecified atom stereocenters. The van der Waals surface area contributed by atoms with Crippen molar-refractivity contribution in [3.63, 3.8) is 0 Å². The molecule has 5 nitrogen and oxygen atoms in total. The van der Waals surface area contributed by atoms with Crippen molar-refractivity contribution in [2.45, 2.75) is 43.5 Å². The summed E-state index contributed by atoms with van der Waals surface area (Å²) in [6, 6.07) is 3.12. The van der Waals surface area contributed by atoms with Crippen LogP contribution >= 0.6 is 0 Å². The van der Waals surface area contributed by atoms with Gasteiger partial charge in [0.2, 0.25) is 10.0 Å². The molecule has 2 atom stereocenters. The van der Waals surface area contributed by atoms with E-state index in [1.807, 2.05) is 0 Å². The number of nitrogens with two attached hydrogens (primary N) is 1. The number of aromatic nitrogens is 1. The van der Waals surface area contributed by atoms with Gasteiger partial charge in [0.25, 0.3) is 0 Å². The van der Waals surface area contributed by atoms with Crippen LogP contribution in [0.2, 0.25) is 0 Å². The van der Waals surface area contributed by atoms with Gasteiger partial charge in [-0.1, -0.05) is 19.8 Å². The zero-order chi connectivity index (χ0) is 14.0. The van der Waals surface area contributed by atoms with Gasteiger partial charge in [-0.15, -0.1) is 0 Å². The summed E-state index contributed by atoms with van der Waals surface area (Å²) in [4.78, 5) is 4.07. The van der Waals surface area contributed by atoms with E-state index in [0.29, 0.717) is 11.7 Å². The average Bonchev–Trinajstić information content (AvgIpc) is 2.38. The SMILES string of the molecule is CC1CCCC(N(C)S(=O)(=O)c2ccc(N)nc2)C1. The first-order valence-electron chi connectivity index (χ1n) is 6.61. The molecule has 2 rings (SSSR count). The number of pyridine rings is 1. The van der Waals surface area contributed by atoms with E-state index in [0.717, 1.165) is 19.3 Å². The minimum Gasteiger partial charge on any atom is -0.384 e. The fourth-order valence-corrected chi connectivity index (χ4v) is 3.98. The predicted molar refractivity (Wildman–Crippen MR) is 75.0 cm³/mol. The highest BCUT2D eigenvalue weighted by Crippen LogP contribution is 2.29. The Kier molecular flexibility index (Phi) is 4.10. The van der Waals surface area contributed by atoms with E-state index < -0.39 is 10.0 Å². The lowest BCUT2D eigenvalue weighted by Gasteiger charge is -2.33. The zero-order valence-corrected chi connectivity index (χ0v) is 12.2. The molecule has 1 aliphatic rings. The number of nitrogens with zero attached hydrogens (tertiary/aromatic N) is 2. The summed E-state index contributed by atoms with van der Waals surface area (Å²) in [6.07, 6.45) is 5.47. The normalized spacial score (nSPS) is 24.6. The van der Waals surface area contributed by atoms with Crippen molar-refractivity contribution in [3.05, 3.63) is 18.3 Å². The molecule has 0 amide bonds. The molecular formula is C13H21N3O2S. The van der Waals surface area contributed by atoms with Crippen LogP contribution in [0.3, 0.4) is 0 Å². The van der Waals surface area contributed by atoms with Crippen molar-refractivity contribution >= 4 is 15.8 Å². The number of anilines is 1. The van der Waals surface area contributed by atoms with Crippen LogP contribution in [-0.4, -0.2) is 30.8 Å². The van der Waals surface area contributed by atoms with E-state index in [9.17, 15) is 8.42 Å². The van der Waals surface area contributed by atoms with Gasteiger partial charge < -0.3 is 5.73 Å². The van der Waals surface area contributed by atoms with E-state index in [4.69, 9.17) is 5.73 Å². The molecule has 0 radical (unpaired) electrons. The fourth-order valence-electron chi connectivity index (χ4n) is 2.64. The molecule has 1 aromatic rings. The molecule has 0 aliphatic heterocycles. The Bertz CT molecular complexity index is 527. The zero-order valence-electron chi connectivity index (χ0n) is 11.4. The molecule has 2 N–H and O–H groups in total. The standard InChI is InChI=1S/C13H21N3O2S/c1-10-4-3-5-11(8-10)16(2)19(17,18)12-6-7-13(14)15-9-12/h6-7,9-11H,3-5,8H2,1-2H3,(H2,14,15). The van der Waals surface area contributed by atoms with Crippen molar-refractivity contribution in [2.75, 3.05) is 12.8 Å². The van der Waals surface area contributed by atoms with Crippen LogP contribution in [0.5, 0.6) is 0 Å². The quantitative estimate of drug-likeness (QED) is 0.918. The molecule has 19 heavy (non-hydrogen) atoms. The Morgan fingerprint density at radius 3 is 2.68 bits per heavy atom. The van der Waals surface area contributed by atoms with E-state index in [-0.39, 0.29) is 10.9 Å². The summed E-state index contributed by atoms with van der Waals surface area (Å²) in [7, 11) is -1.80. The predicted octanol–water partition coefficient (Wildman–Crippen LogP) is 1.86. The van der Waals surface area contributed by atoms with E-state index >= 15 is 0 Å². The number of rotatable bonds is 3. The van der Waals surface area contributed by atoms with E-state index in [1.165, 1.54) is 29.1 Å². The van der Waals surface area contributed by atoms with Crippen molar-refractivity contribution < 1.29 is 8.42 Å². The topological polar surface area (TPSA) is 76.3 Å². The Morgan fingerprint density at radius 2 is 2.11 bits per heavy atom. The fraction of sp³-hybridized carbons (Fsp3) is 0.615. The minimum absolute atomic E-state index is 0.0892. The van der Waals surface area contributed by atoms with Crippen molar-refractivity contribution in [2.24, 2.45) is 5.92 Å². The summed E-state index contributed by atoms with van der Waals surface area (Å²) in [5.74, 6) is 0.911. The second-order valence-electron chi connectivity index (χ2n) is 5.37. The highest BCUT2D eigenvalue weighted by atomic mass is 32.2. The third-order valence-electron chi connectivity index (χ3n) is 3.86. The third kappa shape index (κ3) is 3.06. The summed E-state index contributed by atoms with van der Waals surface area (Å²) in [5, 5.41) is 0. The van der Waals surface area contributed by atoms with Crippen LogP contribution in [0.4, 0.5) is 5.82 Å². The molecule has 1 aliphatic carbocycles. The molecule has 1 saturated carbocycles. The average molecular weight is 283 g/mol. The maximum absolute atomic E-state index is 12.5. The molecule has 1 aromatic heterocycles. The number of nitrogen functional groups attached to an aromatic ring is 1. The Hall–Kier alpha value is -1.14. The van der Waals surface area contributed by atoms with Crippen LogP contribution < -0.4 is 5.73 Å². The lowest BCUT2D eigenvalue weighted by Crippen LogP contribution is -2.39. The molecule has 0 spiro atoms. The Balaban J connectivity index is 2.21. The Labute approximate surface area is 114 Å². The number of sulfonamides is 1. The van der Waals surface area contributed by atoms with E-state index in [1.54, 1.807) is 7.05 Å². The lowest BCUT2D eigenvalue weighted by molar-refractivity contribution is 0.239. The third-order valence-corrected chi connectivity index (χ3v) is 5.75. The number of hydrogen-bond acceptors (Lipinski definition) is 4. The molecule has 1 fully saturated rings. The first-order valence-corrected chi connectivity index (χ1v) is 8.05. The van der Waals surface area contributed by atoms with Gasteiger partial charge in [-0.3, -0.25) is 0 Å². The maximum Gasteiger partial charge on any atom is 0.244 e. The van der Waals surface area contributed by atoms with Gasteiger partial charge in [-0.05, 0) is 30.9 Å². The highest BCUT2D eigenvalue weighted by Gasteiger charge is 2.31. The maximum atomic E-state index is 12.5. The first-order chi connectivity index (χ1) is 8.91. The molecule has 106 valence electrons. The Morgan fingerprint density at radius 1 is 1.37 bits per heavy atom. The van der Waals surface area contributed by atoms with Crippen LogP contribution in [0.1, 0.15) is 32.6 Å². The van der Waals surface area contributed by atoms with Gasteiger partial charge in [0.1, 0.15) is 10.7 Å². The van der Waals surface area contributed by atoms with Gasteiger partial charge in [0, 0.05) is 19.3 Å². The molecule has 0 bridgehead atoms. The summed E-state index contributed by atoms with van der Waals surface area (Å²) in [6.45, 7) is 2.18. The number of hydrogen-bond donors (Lipinski definition) is 1. The molecule has 0 aromatic carbocycles. The van der Waals surface area contributed by atoms with Crippen LogP contribution in [-0.2, 0) is 10.0 Å². The summed E-state index contributed by atoms with van der Waals surface area (Å²) < 4.78 is 26.5. The van der Waals surface area contributed by atoms with Crippen molar-refractivity contribution in [1.82, 2.24) is 9.29 Å². The van der Waals surface area contributed by atoms with Crippen LogP contribution in [0, 0.1) is 5.92 Å². The van der Waals surface area contributed by atoms with Crippen LogP contribution in [0.15, 0.2) is 23.2 Å². The minimum atomic E-state index is -3.46. The first kappa shape index (κ1) is 14.3. The van der Waals surface area contributed by atoms with Gasteiger partial charge in [-0.2, -0.15) is 4.31 Å². The highest BCUT2D eigenvalue weighted by molar-refractivity contribution is 7.89. The van der Waals surface area contributed by atoms with Gasteiger partial charge in [0.15, 0.2) is 0 Å². The lowest BCUT2D eigenvalue weighted by atomic mass is 9.87. The monoisotopic (exact) mass is 283 g/mol. The van der Waals surface area contributed by atoms with Gasteiger partial charge >= 0.3 is 0 Å². The molecule has 0 saturated heterocycles. The second-order valence-corrected chi connectivity index (χ2v) is 7.36. The van der Waals surface area contributed by atoms with Crippen molar-refractivity contribution in [3.8, 4) is 0 Å². The largest absolute Gasteiger partial charge is 0.384 e. The second kappa shape index (κ2) is 5.46. The summed E-state index contributed by atoms with van der Waals surface area (Å²) >= 11 is 0. The van der Waals surface area contributed by atoms with Crippen LogP contribution in [0.25, 0.3) is 0 Å². The van der Waals surface area contributed by atoms with E-state index in [2.05, 4.69) is 11.9 Å². The van der Waals surface area contributed by atoms with Crippen molar-refractivity contribution in [1.29, 1.82) is 0 Å². The molecule has 1 heterocycles. The molecular weight excluding hydrogens is 262 g/mol. The smallest absolute Gasteiger partial charge is 0.244 e. The van der Waals surface area contributed by atoms with Gasteiger partial charge in [-0.25, -0.2) is 13.4 Å². The van der Waals surface area contributed by atoms with Gasteiger partial charge in [0.05, 0.1) is 0 Å². The summed E-state index contributed by atoms with van der Waals surface area (Å²) in [5.41, 5.74) is 5.49. The molecule has 6 heteroatoms.